The van der Waals surface area contributed by atoms with Gasteiger partial charge in [-0.2, -0.15) is 4.31 Å². The quantitative estimate of drug-likeness (QED) is 0.733. The van der Waals surface area contributed by atoms with Crippen LogP contribution in [-0.2, 0) is 14.8 Å². The number of halogens is 1. The van der Waals surface area contributed by atoms with Crippen LogP contribution >= 0.6 is 12.4 Å². The second kappa shape index (κ2) is 9.17. The van der Waals surface area contributed by atoms with Gasteiger partial charge in [0, 0.05) is 24.7 Å². The van der Waals surface area contributed by atoms with Crippen molar-refractivity contribution in [1.29, 1.82) is 0 Å². The zero-order valence-electron chi connectivity index (χ0n) is 16.1. The summed E-state index contributed by atoms with van der Waals surface area (Å²) in [5.74, 6) is 0.166. The third-order valence-corrected chi connectivity index (χ3v) is 7.20. The van der Waals surface area contributed by atoms with Crippen LogP contribution in [-0.4, -0.2) is 44.8 Å². The fraction of sp³-hybridized carbons (Fsp3) is 0.611. The summed E-state index contributed by atoms with van der Waals surface area (Å²) in [5.41, 5.74) is 2.32. The highest BCUT2D eigenvalue weighted by molar-refractivity contribution is 7.89. The van der Waals surface area contributed by atoms with Gasteiger partial charge in [-0.05, 0) is 56.1 Å². The molecule has 148 valence electrons. The molecule has 1 unspecified atom stereocenters. The second-order valence-electron chi connectivity index (χ2n) is 6.70. The fourth-order valence-corrected chi connectivity index (χ4v) is 4.51. The van der Waals surface area contributed by atoms with Crippen molar-refractivity contribution in [3.63, 3.8) is 0 Å². The van der Waals surface area contributed by atoms with E-state index in [0.29, 0.717) is 24.7 Å². The predicted molar refractivity (Wildman–Crippen MR) is 107 cm³/mol. The number of nitrogens with zero attached hydrogens (tertiary/aromatic N) is 1. The lowest BCUT2D eigenvalue weighted by atomic mass is 9.88. The number of nitrogens with one attached hydrogen (secondary N) is 2. The number of sulfonamides is 1. The molecule has 6 nitrogen and oxygen atoms in total. The normalized spacial score (nSPS) is 15.9. The SMILES string of the molecule is CCN(CC)S(=O)(=O)c1cc(C)c(C)c(NC(=O)C(C)C2CNC2)c1.Cl. The van der Waals surface area contributed by atoms with Crippen molar-refractivity contribution in [3.8, 4) is 0 Å². The van der Waals surface area contributed by atoms with Crippen molar-refractivity contribution >= 4 is 34.0 Å². The molecular weight excluding hydrogens is 374 g/mol. The molecule has 1 amide bonds. The predicted octanol–water partition coefficient (Wildman–Crippen LogP) is 2.55. The van der Waals surface area contributed by atoms with Gasteiger partial charge in [-0.3, -0.25) is 4.79 Å². The summed E-state index contributed by atoms with van der Waals surface area (Å²) in [7, 11) is -3.56. The van der Waals surface area contributed by atoms with Gasteiger partial charge in [0.2, 0.25) is 15.9 Å². The lowest BCUT2D eigenvalue weighted by Crippen LogP contribution is -2.48. The number of hydrogen-bond acceptors (Lipinski definition) is 4. The Balaban J connectivity index is 0.00000338. The lowest BCUT2D eigenvalue weighted by molar-refractivity contribution is -0.121. The fourth-order valence-electron chi connectivity index (χ4n) is 2.94. The minimum Gasteiger partial charge on any atom is -0.326 e. The Hall–Kier alpha value is -1.15. The molecule has 1 heterocycles. The molecule has 0 spiro atoms. The Morgan fingerprint density at radius 3 is 2.31 bits per heavy atom. The monoisotopic (exact) mass is 403 g/mol. The second-order valence-corrected chi connectivity index (χ2v) is 8.64. The maximum absolute atomic E-state index is 12.8. The van der Waals surface area contributed by atoms with E-state index in [4.69, 9.17) is 0 Å². The molecule has 1 aromatic rings. The minimum atomic E-state index is -3.56. The van der Waals surface area contributed by atoms with Crippen molar-refractivity contribution in [1.82, 2.24) is 9.62 Å². The van der Waals surface area contributed by atoms with Crippen LogP contribution in [0.1, 0.15) is 31.9 Å². The summed E-state index contributed by atoms with van der Waals surface area (Å²) < 4.78 is 27.0. The van der Waals surface area contributed by atoms with Crippen molar-refractivity contribution in [2.45, 2.75) is 39.5 Å². The zero-order chi connectivity index (χ0) is 18.8. The van der Waals surface area contributed by atoms with Gasteiger partial charge in [0.1, 0.15) is 0 Å². The first-order chi connectivity index (χ1) is 11.7. The van der Waals surface area contributed by atoms with E-state index in [9.17, 15) is 13.2 Å². The number of aryl methyl sites for hydroxylation is 1. The molecule has 1 atom stereocenters. The maximum Gasteiger partial charge on any atom is 0.243 e. The topological polar surface area (TPSA) is 78.5 Å². The van der Waals surface area contributed by atoms with E-state index in [-0.39, 0.29) is 29.1 Å². The largest absolute Gasteiger partial charge is 0.326 e. The van der Waals surface area contributed by atoms with E-state index < -0.39 is 10.0 Å². The molecule has 2 rings (SSSR count). The molecule has 2 N–H and O–H groups in total. The van der Waals surface area contributed by atoms with Crippen LogP contribution in [0.3, 0.4) is 0 Å². The molecule has 1 saturated heterocycles. The summed E-state index contributed by atoms with van der Waals surface area (Å²) in [5, 5.41) is 6.11. The Morgan fingerprint density at radius 1 is 1.27 bits per heavy atom. The third-order valence-electron chi connectivity index (χ3n) is 5.18. The average Bonchev–Trinajstić information content (AvgIpc) is 2.50. The zero-order valence-corrected chi connectivity index (χ0v) is 17.8. The van der Waals surface area contributed by atoms with E-state index >= 15 is 0 Å². The number of carbonyl (C=O) groups excluding carboxylic acids is 1. The standard InChI is InChI=1S/C18H29N3O3S.ClH/c1-6-21(7-2)25(23,24)16-8-12(3)13(4)17(9-16)20-18(22)14(5)15-10-19-11-15;/h8-9,14-15,19H,6-7,10-11H2,1-5H3,(H,20,22);1H. The molecule has 8 heteroatoms. The Kier molecular flexibility index (Phi) is 8.07. The molecule has 0 bridgehead atoms. The molecule has 1 aliphatic rings. The molecule has 26 heavy (non-hydrogen) atoms. The van der Waals surface area contributed by atoms with E-state index in [1.54, 1.807) is 12.1 Å². The average molecular weight is 404 g/mol. The van der Waals surface area contributed by atoms with Crippen molar-refractivity contribution in [3.05, 3.63) is 23.3 Å². The van der Waals surface area contributed by atoms with E-state index in [1.165, 1.54) is 4.31 Å². The number of rotatable bonds is 7. The highest BCUT2D eigenvalue weighted by atomic mass is 35.5. The van der Waals surface area contributed by atoms with E-state index in [1.807, 2.05) is 34.6 Å². The molecule has 1 aliphatic heterocycles. The van der Waals surface area contributed by atoms with Gasteiger partial charge >= 0.3 is 0 Å². The first-order valence-electron chi connectivity index (χ1n) is 8.85. The van der Waals surface area contributed by atoms with Gasteiger partial charge in [0.05, 0.1) is 4.90 Å². The molecular formula is C18H30ClN3O3S. The van der Waals surface area contributed by atoms with Gasteiger partial charge in [-0.15, -0.1) is 12.4 Å². The van der Waals surface area contributed by atoms with Gasteiger partial charge in [-0.1, -0.05) is 20.8 Å². The number of anilines is 1. The van der Waals surface area contributed by atoms with Gasteiger partial charge < -0.3 is 10.6 Å². The number of hydrogen-bond donors (Lipinski definition) is 2. The summed E-state index contributed by atoms with van der Waals surface area (Å²) in [4.78, 5) is 12.7. The summed E-state index contributed by atoms with van der Waals surface area (Å²) in [6, 6.07) is 3.26. The Morgan fingerprint density at radius 2 is 1.85 bits per heavy atom. The number of benzene rings is 1. The van der Waals surface area contributed by atoms with Gasteiger partial charge in [0.15, 0.2) is 0 Å². The summed E-state index contributed by atoms with van der Waals surface area (Å²) in [6.45, 7) is 11.8. The summed E-state index contributed by atoms with van der Waals surface area (Å²) >= 11 is 0. The van der Waals surface area contributed by atoms with Crippen molar-refractivity contribution in [2.24, 2.45) is 11.8 Å². The van der Waals surface area contributed by atoms with Crippen LogP contribution in [0.5, 0.6) is 0 Å². The Bertz CT molecular complexity index is 744. The minimum absolute atomic E-state index is 0. The van der Waals surface area contributed by atoms with Crippen molar-refractivity contribution in [2.75, 3.05) is 31.5 Å². The number of carbonyl (C=O) groups is 1. The third kappa shape index (κ3) is 4.57. The lowest BCUT2D eigenvalue weighted by Gasteiger charge is -2.32. The molecule has 1 fully saturated rings. The number of amides is 1. The van der Waals surface area contributed by atoms with Crippen LogP contribution in [0, 0.1) is 25.7 Å². The highest BCUT2D eigenvalue weighted by Gasteiger charge is 2.29. The van der Waals surface area contributed by atoms with Crippen LogP contribution in [0.15, 0.2) is 17.0 Å². The van der Waals surface area contributed by atoms with Gasteiger partial charge in [-0.25, -0.2) is 8.42 Å². The summed E-state index contributed by atoms with van der Waals surface area (Å²) in [6.07, 6.45) is 0. The smallest absolute Gasteiger partial charge is 0.243 e. The van der Waals surface area contributed by atoms with Crippen LogP contribution in [0.25, 0.3) is 0 Å². The van der Waals surface area contributed by atoms with E-state index in [0.717, 1.165) is 24.2 Å². The van der Waals surface area contributed by atoms with Crippen LogP contribution < -0.4 is 10.6 Å². The maximum atomic E-state index is 12.8. The molecule has 1 aromatic carbocycles. The first-order valence-corrected chi connectivity index (χ1v) is 10.3. The van der Waals surface area contributed by atoms with Crippen LogP contribution in [0.4, 0.5) is 5.69 Å². The molecule has 0 radical (unpaired) electrons. The van der Waals surface area contributed by atoms with Crippen LogP contribution in [0.2, 0.25) is 0 Å². The Labute approximate surface area is 163 Å². The van der Waals surface area contributed by atoms with Crippen molar-refractivity contribution < 1.29 is 13.2 Å². The van der Waals surface area contributed by atoms with Gasteiger partial charge in [0.25, 0.3) is 0 Å². The van der Waals surface area contributed by atoms with E-state index in [2.05, 4.69) is 10.6 Å². The molecule has 0 aliphatic carbocycles. The highest BCUT2D eigenvalue weighted by Crippen LogP contribution is 2.27. The molecule has 0 aromatic heterocycles. The molecule has 0 saturated carbocycles. The first kappa shape index (κ1) is 22.9.